The van der Waals surface area contributed by atoms with Crippen LogP contribution in [0.5, 0.6) is 11.5 Å². The lowest BCUT2D eigenvalue weighted by molar-refractivity contribution is -0.155. The Balaban J connectivity index is 1.86. The van der Waals surface area contributed by atoms with Crippen molar-refractivity contribution in [2.24, 2.45) is 0 Å². The normalized spacial score (nSPS) is 11.1. The third-order valence-corrected chi connectivity index (χ3v) is 4.65. The van der Waals surface area contributed by atoms with Crippen molar-refractivity contribution in [3.05, 3.63) is 86.8 Å². The Morgan fingerprint density at radius 2 is 1.71 bits per heavy atom. The van der Waals surface area contributed by atoms with E-state index in [0.717, 1.165) is 16.7 Å². The molecule has 178 valence electrons. The minimum atomic E-state index is -0.823. The monoisotopic (exact) mass is 534 g/mol. The number of amides is 1. The maximum absolute atomic E-state index is 13.5. The molecule has 0 aliphatic carbocycles. The second kappa shape index (κ2) is 10.2. The zero-order chi connectivity index (χ0) is 25.0. The van der Waals surface area contributed by atoms with Crippen molar-refractivity contribution in [3.63, 3.8) is 0 Å². The number of halogens is 3. The van der Waals surface area contributed by atoms with Gasteiger partial charge in [-0.3, -0.25) is 14.4 Å². The van der Waals surface area contributed by atoms with E-state index in [4.69, 9.17) is 9.47 Å². The van der Waals surface area contributed by atoms with Crippen molar-refractivity contribution in [2.45, 2.75) is 32.9 Å². The average Bonchev–Trinajstić information content (AvgIpc) is 2.69. The molecule has 0 radical (unpaired) electrons. The van der Waals surface area contributed by atoms with Crippen LogP contribution in [0.4, 0.5) is 14.5 Å². The summed E-state index contributed by atoms with van der Waals surface area (Å²) in [5.41, 5.74) is -1.53. The van der Waals surface area contributed by atoms with Gasteiger partial charge in [0.2, 0.25) is 0 Å². The van der Waals surface area contributed by atoms with E-state index in [1.54, 1.807) is 32.9 Å². The molecule has 0 spiro atoms. The number of anilines is 1. The van der Waals surface area contributed by atoms with Crippen molar-refractivity contribution in [2.75, 3.05) is 5.32 Å². The lowest BCUT2D eigenvalue weighted by Gasteiger charge is -2.20. The number of carbonyl (C=O) groups is 2. The number of aromatic nitrogens is 1. The van der Waals surface area contributed by atoms with Gasteiger partial charge in [0.25, 0.3) is 11.5 Å². The molecule has 0 fully saturated rings. The van der Waals surface area contributed by atoms with Crippen LogP contribution in [0.25, 0.3) is 0 Å². The lowest BCUT2D eigenvalue weighted by atomic mass is 10.2. The smallest absolute Gasteiger partial charge is 0.326 e. The van der Waals surface area contributed by atoms with E-state index in [9.17, 15) is 23.2 Å². The Labute approximate surface area is 202 Å². The Hall–Kier alpha value is -3.53. The third kappa shape index (κ3) is 6.74. The molecular weight excluding hydrogens is 514 g/mol. The van der Waals surface area contributed by atoms with E-state index in [1.165, 1.54) is 24.4 Å². The number of nitrogens with zero attached hydrogens (tertiary/aromatic N) is 1. The van der Waals surface area contributed by atoms with E-state index in [1.807, 2.05) is 0 Å². The topological polar surface area (TPSA) is 86.6 Å². The highest BCUT2D eigenvalue weighted by Crippen LogP contribution is 2.30. The fourth-order valence-corrected chi connectivity index (χ4v) is 3.43. The number of esters is 1. The Kier molecular flexibility index (Phi) is 7.51. The molecule has 1 N–H and O–H groups in total. The number of ether oxygens (including phenoxy) is 2. The summed E-state index contributed by atoms with van der Waals surface area (Å²) >= 11 is 3.24. The number of benzene rings is 2. The molecular formula is C24H21BrF2N2O5. The van der Waals surface area contributed by atoms with E-state index < -0.39 is 34.7 Å². The van der Waals surface area contributed by atoms with Gasteiger partial charge < -0.3 is 19.4 Å². The quantitative estimate of drug-likeness (QED) is 0.435. The fourth-order valence-electron chi connectivity index (χ4n) is 2.96. The summed E-state index contributed by atoms with van der Waals surface area (Å²) in [5.74, 6) is -3.07. The molecule has 0 aliphatic rings. The fraction of sp³-hybridized carbons (Fsp3) is 0.208. The molecule has 3 aromatic rings. The zero-order valence-corrected chi connectivity index (χ0v) is 20.1. The molecule has 0 saturated heterocycles. The van der Waals surface area contributed by atoms with Crippen LogP contribution in [0.15, 0.2) is 64.0 Å². The molecule has 0 bridgehead atoms. The summed E-state index contributed by atoms with van der Waals surface area (Å²) in [5, 5.41) is 2.56. The minimum absolute atomic E-state index is 0.102. The van der Waals surface area contributed by atoms with Crippen LogP contribution in [0, 0.1) is 11.6 Å². The third-order valence-electron chi connectivity index (χ3n) is 4.22. The standard InChI is InChI=1S/C24H21BrF2N2O5/c1-24(2,3)34-21(30)13-29-12-14(25)8-18(23(29)32)22(31)28-19-6-4-5-7-20(19)33-17-10-15(26)9-16(27)11-17/h4-12H,13H2,1-3H3,(H,28,31). The zero-order valence-electron chi connectivity index (χ0n) is 18.5. The van der Waals surface area contributed by atoms with Crippen molar-refractivity contribution in [1.29, 1.82) is 0 Å². The van der Waals surface area contributed by atoms with Gasteiger partial charge >= 0.3 is 5.97 Å². The van der Waals surface area contributed by atoms with Gasteiger partial charge in [-0.15, -0.1) is 0 Å². The predicted molar refractivity (Wildman–Crippen MR) is 125 cm³/mol. The number of hydrogen-bond acceptors (Lipinski definition) is 5. The number of rotatable bonds is 6. The van der Waals surface area contributed by atoms with E-state index >= 15 is 0 Å². The highest BCUT2D eigenvalue weighted by molar-refractivity contribution is 9.10. The molecule has 10 heteroatoms. The van der Waals surface area contributed by atoms with Crippen molar-refractivity contribution < 1.29 is 27.8 Å². The predicted octanol–water partition coefficient (Wildman–Crippen LogP) is 5.28. The van der Waals surface area contributed by atoms with Crippen molar-refractivity contribution in [3.8, 4) is 11.5 Å². The second-order valence-corrected chi connectivity index (χ2v) is 9.16. The number of para-hydroxylation sites is 2. The Bertz CT molecular complexity index is 1280. The van der Waals surface area contributed by atoms with Gasteiger partial charge in [0.1, 0.15) is 35.1 Å². The van der Waals surface area contributed by atoms with Gasteiger partial charge in [-0.1, -0.05) is 12.1 Å². The summed E-state index contributed by atoms with van der Waals surface area (Å²) in [6.45, 7) is 4.71. The maximum atomic E-state index is 13.5. The van der Waals surface area contributed by atoms with Crippen LogP contribution >= 0.6 is 15.9 Å². The summed E-state index contributed by atoms with van der Waals surface area (Å²) in [7, 11) is 0. The largest absolute Gasteiger partial charge is 0.459 e. The van der Waals surface area contributed by atoms with Gasteiger partial charge in [-0.05, 0) is 54.9 Å². The van der Waals surface area contributed by atoms with Crippen LogP contribution < -0.4 is 15.6 Å². The van der Waals surface area contributed by atoms with Crippen LogP contribution in [0.3, 0.4) is 0 Å². The Morgan fingerprint density at radius 1 is 1.06 bits per heavy atom. The van der Waals surface area contributed by atoms with Crippen LogP contribution in [-0.4, -0.2) is 22.0 Å². The van der Waals surface area contributed by atoms with Crippen LogP contribution in [0.2, 0.25) is 0 Å². The van der Waals surface area contributed by atoms with Gasteiger partial charge in [-0.2, -0.15) is 0 Å². The lowest BCUT2D eigenvalue weighted by Crippen LogP contribution is -2.33. The highest BCUT2D eigenvalue weighted by atomic mass is 79.9. The van der Waals surface area contributed by atoms with Gasteiger partial charge in [-0.25, -0.2) is 8.78 Å². The first-order chi connectivity index (χ1) is 15.9. The molecule has 1 heterocycles. The molecule has 3 rings (SSSR count). The molecule has 0 unspecified atom stereocenters. The summed E-state index contributed by atoms with van der Waals surface area (Å²) in [6.07, 6.45) is 1.37. The van der Waals surface area contributed by atoms with Crippen LogP contribution in [-0.2, 0) is 16.1 Å². The first-order valence-corrected chi connectivity index (χ1v) is 10.9. The van der Waals surface area contributed by atoms with Gasteiger partial charge in [0, 0.05) is 28.9 Å². The highest BCUT2D eigenvalue weighted by Gasteiger charge is 2.20. The summed E-state index contributed by atoms with van der Waals surface area (Å²) < 4.78 is 39.2. The van der Waals surface area contributed by atoms with Gasteiger partial charge in [0.15, 0.2) is 5.75 Å². The van der Waals surface area contributed by atoms with Crippen LogP contribution in [0.1, 0.15) is 31.1 Å². The minimum Gasteiger partial charge on any atom is -0.459 e. The van der Waals surface area contributed by atoms with E-state index in [2.05, 4.69) is 21.2 Å². The molecule has 1 amide bonds. The Morgan fingerprint density at radius 3 is 2.35 bits per heavy atom. The SMILES string of the molecule is CC(C)(C)OC(=O)Cn1cc(Br)cc(C(=O)Nc2ccccc2Oc2cc(F)cc(F)c2)c1=O. The molecule has 1 aromatic heterocycles. The first-order valence-electron chi connectivity index (χ1n) is 10.1. The molecule has 2 aromatic carbocycles. The molecule has 0 saturated carbocycles. The molecule has 0 aliphatic heterocycles. The number of nitrogens with one attached hydrogen (secondary N) is 1. The summed E-state index contributed by atoms with van der Waals surface area (Å²) in [4.78, 5) is 38.0. The van der Waals surface area contributed by atoms with E-state index in [-0.39, 0.29) is 29.3 Å². The van der Waals surface area contributed by atoms with Gasteiger partial charge in [0.05, 0.1) is 5.69 Å². The molecule has 7 nitrogen and oxygen atoms in total. The number of carbonyl (C=O) groups excluding carboxylic acids is 2. The van der Waals surface area contributed by atoms with E-state index in [0.29, 0.717) is 10.5 Å². The average molecular weight is 535 g/mol. The van der Waals surface area contributed by atoms with Crippen molar-refractivity contribution >= 4 is 33.5 Å². The number of pyridine rings is 1. The maximum Gasteiger partial charge on any atom is 0.326 e. The molecule has 0 atom stereocenters. The first kappa shape index (κ1) is 25.1. The molecule has 34 heavy (non-hydrogen) atoms. The number of hydrogen-bond donors (Lipinski definition) is 1. The summed E-state index contributed by atoms with van der Waals surface area (Å²) in [6, 6.07) is 10.2. The van der Waals surface area contributed by atoms with Crippen molar-refractivity contribution in [1.82, 2.24) is 4.57 Å². The second-order valence-electron chi connectivity index (χ2n) is 8.25.